The van der Waals surface area contributed by atoms with Crippen molar-refractivity contribution in [2.45, 2.75) is 46.5 Å². The molecule has 0 saturated carbocycles. The maximum atomic E-state index is 3.97. The number of rotatable bonds is 5. The lowest BCUT2D eigenvalue weighted by Crippen LogP contribution is -1.87. The summed E-state index contributed by atoms with van der Waals surface area (Å²) < 4.78 is 0. The van der Waals surface area contributed by atoms with E-state index in [-0.39, 0.29) is 0 Å². The summed E-state index contributed by atoms with van der Waals surface area (Å²) in [5.74, 6) is 0.852. The van der Waals surface area contributed by atoms with Crippen molar-refractivity contribution in [3.63, 3.8) is 0 Å². The topological polar surface area (TPSA) is 0 Å². The van der Waals surface area contributed by atoms with Gasteiger partial charge < -0.3 is 0 Å². The second-order valence-electron chi connectivity index (χ2n) is 3.39. The van der Waals surface area contributed by atoms with Gasteiger partial charge in [-0.15, -0.1) is 0 Å². The molecular weight excluding hydrogens is 120 g/mol. The smallest absolute Gasteiger partial charge is 0.0323 e. The van der Waals surface area contributed by atoms with Crippen LogP contribution in [0.25, 0.3) is 0 Å². The Hall–Kier alpha value is -0.260. The number of allylic oxidation sites excluding steroid dienone is 1. The molecule has 0 unspecified atom stereocenters. The molecule has 0 aliphatic rings. The highest BCUT2D eigenvalue weighted by atomic mass is 14.0. The van der Waals surface area contributed by atoms with E-state index >= 15 is 0 Å². The minimum atomic E-state index is 0.852. The first-order valence-electron chi connectivity index (χ1n) is 4.33. The van der Waals surface area contributed by atoms with E-state index in [4.69, 9.17) is 0 Å². The van der Waals surface area contributed by atoms with Gasteiger partial charge in [-0.05, 0) is 25.2 Å². The molecule has 0 nitrogen and oxygen atoms in total. The molecule has 0 spiro atoms. The second-order valence-corrected chi connectivity index (χ2v) is 3.39. The molecule has 0 N–H and O–H groups in total. The van der Waals surface area contributed by atoms with Gasteiger partial charge in [-0.1, -0.05) is 39.3 Å². The van der Waals surface area contributed by atoms with Crippen molar-refractivity contribution in [1.82, 2.24) is 0 Å². The average molecular weight is 140 g/mol. The van der Waals surface area contributed by atoms with Gasteiger partial charge in [0.05, 0.1) is 0 Å². The van der Waals surface area contributed by atoms with Crippen LogP contribution in [0.15, 0.2) is 12.2 Å². The molecule has 0 aliphatic heterocycles. The minimum Gasteiger partial charge on any atom is -0.0999 e. The fraction of sp³-hybridized carbons (Fsp3) is 0.800. The zero-order chi connectivity index (χ0) is 7.98. The van der Waals surface area contributed by atoms with Gasteiger partial charge in [-0.25, -0.2) is 0 Å². The summed E-state index contributed by atoms with van der Waals surface area (Å²) in [6, 6.07) is 0. The number of hydrogen-bond donors (Lipinski definition) is 0. The zero-order valence-electron chi connectivity index (χ0n) is 7.61. The fourth-order valence-corrected chi connectivity index (χ4v) is 0.937. The molecule has 0 saturated heterocycles. The molecule has 60 valence electrons. The van der Waals surface area contributed by atoms with Crippen LogP contribution >= 0.6 is 0 Å². The molecular formula is C10H20. The highest BCUT2D eigenvalue weighted by molar-refractivity contribution is 4.91. The summed E-state index contributed by atoms with van der Waals surface area (Å²) >= 11 is 0. The van der Waals surface area contributed by atoms with Crippen molar-refractivity contribution in [2.24, 2.45) is 5.92 Å². The summed E-state index contributed by atoms with van der Waals surface area (Å²) in [4.78, 5) is 0. The van der Waals surface area contributed by atoms with Gasteiger partial charge in [0, 0.05) is 0 Å². The molecule has 0 heterocycles. The predicted octanol–water partition coefficient (Wildman–Crippen LogP) is 3.78. The molecule has 0 aromatic carbocycles. The largest absolute Gasteiger partial charge is 0.0999 e. The van der Waals surface area contributed by atoms with Gasteiger partial charge in [0.2, 0.25) is 0 Å². The molecule has 0 atom stereocenters. The highest BCUT2D eigenvalue weighted by Crippen LogP contribution is 2.12. The maximum absolute atomic E-state index is 3.97. The van der Waals surface area contributed by atoms with Crippen LogP contribution in [0.4, 0.5) is 0 Å². The summed E-state index contributed by atoms with van der Waals surface area (Å²) in [5, 5.41) is 0. The third-order valence-electron chi connectivity index (χ3n) is 1.81. The Bertz CT molecular complexity index is 90.2. The van der Waals surface area contributed by atoms with Gasteiger partial charge in [-0.2, -0.15) is 0 Å². The lowest BCUT2D eigenvalue weighted by Gasteiger charge is -2.04. The third kappa shape index (κ3) is 5.87. The number of hydrogen-bond acceptors (Lipinski definition) is 0. The fourth-order valence-electron chi connectivity index (χ4n) is 0.937. The molecule has 0 radical (unpaired) electrons. The third-order valence-corrected chi connectivity index (χ3v) is 1.81. The van der Waals surface area contributed by atoms with Crippen LogP contribution in [0.1, 0.15) is 46.5 Å². The zero-order valence-corrected chi connectivity index (χ0v) is 7.61. The molecule has 10 heavy (non-hydrogen) atoms. The Kier molecular flexibility index (Phi) is 5.38. The van der Waals surface area contributed by atoms with Gasteiger partial charge in [-0.3, -0.25) is 0 Å². The van der Waals surface area contributed by atoms with E-state index in [0.717, 1.165) is 12.3 Å². The van der Waals surface area contributed by atoms with Gasteiger partial charge in [0.1, 0.15) is 0 Å². The molecule has 0 bridgehead atoms. The quantitative estimate of drug-likeness (QED) is 0.510. The van der Waals surface area contributed by atoms with Crippen molar-refractivity contribution in [1.29, 1.82) is 0 Å². The van der Waals surface area contributed by atoms with Crippen molar-refractivity contribution < 1.29 is 0 Å². The summed E-state index contributed by atoms with van der Waals surface area (Å²) in [7, 11) is 0. The molecule has 0 amide bonds. The SMILES string of the molecule is C=C(CC)CCCC(C)C. The van der Waals surface area contributed by atoms with E-state index in [9.17, 15) is 0 Å². The van der Waals surface area contributed by atoms with Crippen molar-refractivity contribution in [3.05, 3.63) is 12.2 Å². The highest BCUT2D eigenvalue weighted by Gasteiger charge is 1.94. The molecule has 0 rings (SSSR count). The van der Waals surface area contributed by atoms with Crippen molar-refractivity contribution in [3.8, 4) is 0 Å². The van der Waals surface area contributed by atoms with E-state index in [2.05, 4.69) is 27.4 Å². The molecule has 0 fully saturated rings. The van der Waals surface area contributed by atoms with Gasteiger partial charge in [0.25, 0.3) is 0 Å². The van der Waals surface area contributed by atoms with E-state index in [1.54, 1.807) is 0 Å². The van der Waals surface area contributed by atoms with Crippen molar-refractivity contribution in [2.75, 3.05) is 0 Å². The first kappa shape index (κ1) is 9.74. The Morgan fingerprint density at radius 3 is 2.40 bits per heavy atom. The van der Waals surface area contributed by atoms with Crippen LogP contribution in [0.3, 0.4) is 0 Å². The van der Waals surface area contributed by atoms with Crippen LogP contribution in [0.5, 0.6) is 0 Å². The first-order valence-corrected chi connectivity index (χ1v) is 4.33. The van der Waals surface area contributed by atoms with E-state index in [1.165, 1.54) is 24.8 Å². The average Bonchev–Trinajstić information content (AvgIpc) is 1.87. The van der Waals surface area contributed by atoms with Crippen LogP contribution in [-0.2, 0) is 0 Å². The summed E-state index contributed by atoms with van der Waals surface area (Å²) in [5.41, 5.74) is 1.40. The Morgan fingerprint density at radius 1 is 1.40 bits per heavy atom. The summed E-state index contributed by atoms with van der Waals surface area (Å²) in [6.45, 7) is 10.7. The maximum Gasteiger partial charge on any atom is -0.0323 e. The predicted molar refractivity (Wildman–Crippen MR) is 48.1 cm³/mol. The molecule has 0 aliphatic carbocycles. The van der Waals surface area contributed by atoms with Crippen LogP contribution in [0.2, 0.25) is 0 Å². The van der Waals surface area contributed by atoms with E-state index in [0.29, 0.717) is 0 Å². The lowest BCUT2D eigenvalue weighted by atomic mass is 10.0. The Labute approximate surface area is 65.3 Å². The van der Waals surface area contributed by atoms with Crippen LogP contribution < -0.4 is 0 Å². The van der Waals surface area contributed by atoms with E-state index in [1.807, 2.05) is 0 Å². The monoisotopic (exact) mass is 140 g/mol. The molecule has 0 heteroatoms. The molecule has 0 aromatic rings. The summed E-state index contributed by atoms with van der Waals surface area (Å²) in [6.07, 6.45) is 5.05. The first-order chi connectivity index (χ1) is 4.66. The standard InChI is InChI=1S/C10H20/c1-5-10(4)8-6-7-9(2)3/h9H,4-8H2,1-3H3. The van der Waals surface area contributed by atoms with E-state index < -0.39 is 0 Å². The molecule has 0 aromatic heterocycles. The second kappa shape index (κ2) is 5.52. The minimum absolute atomic E-state index is 0.852. The van der Waals surface area contributed by atoms with Gasteiger partial charge in [0.15, 0.2) is 0 Å². The normalized spacial score (nSPS) is 10.4. The lowest BCUT2D eigenvalue weighted by molar-refractivity contribution is 0.552. The Morgan fingerprint density at radius 2 is 2.00 bits per heavy atom. The van der Waals surface area contributed by atoms with Gasteiger partial charge >= 0.3 is 0 Å². The van der Waals surface area contributed by atoms with Crippen LogP contribution in [-0.4, -0.2) is 0 Å². The Balaban J connectivity index is 3.12. The van der Waals surface area contributed by atoms with Crippen LogP contribution in [0, 0.1) is 5.92 Å². The van der Waals surface area contributed by atoms with Crippen molar-refractivity contribution >= 4 is 0 Å².